The number of hydrogen-bond donors (Lipinski definition) is 1. The number of H-pyrrole nitrogens is 1. The van der Waals surface area contributed by atoms with Crippen LogP contribution in [0.3, 0.4) is 0 Å². The second-order valence-corrected chi connectivity index (χ2v) is 6.32. The SMILES string of the molecule is Cn1cc(CN2CCc3[nH]c(=S)ncc3C2)c2ccccc21. The minimum atomic E-state index is 0.584. The van der Waals surface area contributed by atoms with Crippen LogP contribution in [-0.4, -0.2) is 26.0 Å². The third-order valence-corrected chi connectivity index (χ3v) is 4.64. The van der Waals surface area contributed by atoms with Gasteiger partial charge >= 0.3 is 0 Å². The monoisotopic (exact) mass is 310 g/mol. The molecule has 0 saturated heterocycles. The summed E-state index contributed by atoms with van der Waals surface area (Å²) < 4.78 is 2.79. The van der Waals surface area contributed by atoms with Gasteiger partial charge in [0.15, 0.2) is 4.77 Å². The first kappa shape index (κ1) is 13.7. The van der Waals surface area contributed by atoms with Gasteiger partial charge in [-0.15, -0.1) is 0 Å². The molecule has 1 aromatic carbocycles. The van der Waals surface area contributed by atoms with E-state index in [2.05, 4.69) is 56.9 Å². The van der Waals surface area contributed by atoms with E-state index in [1.165, 1.54) is 27.7 Å². The molecule has 5 heteroatoms. The van der Waals surface area contributed by atoms with Crippen molar-refractivity contribution in [3.63, 3.8) is 0 Å². The number of aromatic amines is 1. The minimum absolute atomic E-state index is 0.584. The lowest BCUT2D eigenvalue weighted by Crippen LogP contribution is -2.30. The van der Waals surface area contributed by atoms with Crippen molar-refractivity contribution in [3.8, 4) is 0 Å². The van der Waals surface area contributed by atoms with E-state index in [1.54, 1.807) is 0 Å². The van der Waals surface area contributed by atoms with E-state index in [0.29, 0.717) is 4.77 Å². The van der Waals surface area contributed by atoms with Gasteiger partial charge in [0.05, 0.1) is 0 Å². The minimum Gasteiger partial charge on any atom is -0.350 e. The zero-order valence-corrected chi connectivity index (χ0v) is 13.4. The molecule has 2 aromatic heterocycles. The van der Waals surface area contributed by atoms with Gasteiger partial charge in [-0.1, -0.05) is 18.2 Å². The topological polar surface area (TPSA) is 36.9 Å². The summed E-state index contributed by atoms with van der Waals surface area (Å²) in [5.74, 6) is 0. The van der Waals surface area contributed by atoms with Crippen molar-refractivity contribution in [1.82, 2.24) is 19.4 Å². The Morgan fingerprint density at radius 2 is 2.18 bits per heavy atom. The number of para-hydroxylation sites is 1. The lowest BCUT2D eigenvalue weighted by atomic mass is 10.1. The average molecular weight is 310 g/mol. The molecule has 1 N–H and O–H groups in total. The van der Waals surface area contributed by atoms with E-state index in [-0.39, 0.29) is 0 Å². The number of hydrogen-bond acceptors (Lipinski definition) is 3. The predicted octanol–water partition coefficient (Wildman–Crippen LogP) is 3.19. The summed E-state index contributed by atoms with van der Waals surface area (Å²) >= 11 is 5.10. The number of aryl methyl sites for hydroxylation is 1. The highest BCUT2D eigenvalue weighted by Gasteiger charge is 2.18. The highest BCUT2D eigenvalue weighted by Crippen LogP contribution is 2.24. The van der Waals surface area contributed by atoms with Crippen LogP contribution in [0.15, 0.2) is 36.7 Å². The smallest absolute Gasteiger partial charge is 0.196 e. The molecule has 0 amide bonds. The van der Waals surface area contributed by atoms with Gasteiger partial charge < -0.3 is 9.55 Å². The van der Waals surface area contributed by atoms with Crippen LogP contribution >= 0.6 is 12.2 Å². The largest absolute Gasteiger partial charge is 0.350 e. The van der Waals surface area contributed by atoms with Gasteiger partial charge in [-0.3, -0.25) is 4.90 Å². The number of nitrogens with zero attached hydrogens (tertiary/aromatic N) is 3. The molecule has 112 valence electrons. The molecule has 4 nitrogen and oxygen atoms in total. The maximum atomic E-state index is 5.10. The fourth-order valence-corrected chi connectivity index (χ4v) is 3.51. The van der Waals surface area contributed by atoms with Crippen molar-refractivity contribution >= 4 is 23.1 Å². The van der Waals surface area contributed by atoms with Crippen molar-refractivity contribution in [2.45, 2.75) is 19.5 Å². The van der Waals surface area contributed by atoms with Gasteiger partial charge in [0.25, 0.3) is 0 Å². The Balaban J connectivity index is 1.61. The number of benzene rings is 1. The molecule has 1 aliphatic rings. The third kappa shape index (κ3) is 2.36. The molecule has 0 atom stereocenters. The molecule has 1 aliphatic heterocycles. The summed E-state index contributed by atoms with van der Waals surface area (Å²) in [6.07, 6.45) is 5.17. The summed E-state index contributed by atoms with van der Waals surface area (Å²) in [6, 6.07) is 8.59. The van der Waals surface area contributed by atoms with Gasteiger partial charge in [-0.25, -0.2) is 4.98 Å². The van der Waals surface area contributed by atoms with Crippen molar-refractivity contribution < 1.29 is 0 Å². The Morgan fingerprint density at radius 1 is 1.32 bits per heavy atom. The normalized spacial score (nSPS) is 15.1. The van der Waals surface area contributed by atoms with Crippen molar-refractivity contribution in [2.75, 3.05) is 6.54 Å². The first-order chi connectivity index (χ1) is 10.7. The fourth-order valence-electron chi connectivity index (χ4n) is 3.33. The average Bonchev–Trinajstić information content (AvgIpc) is 2.84. The molecule has 0 radical (unpaired) electrons. The van der Waals surface area contributed by atoms with Gasteiger partial charge in [0.2, 0.25) is 0 Å². The summed E-state index contributed by atoms with van der Waals surface area (Å²) in [6.45, 7) is 2.94. The third-order valence-electron chi connectivity index (χ3n) is 4.43. The van der Waals surface area contributed by atoms with Crippen LogP contribution in [0.5, 0.6) is 0 Å². The molecule has 3 aromatic rings. The first-order valence-corrected chi connectivity index (χ1v) is 7.94. The zero-order chi connectivity index (χ0) is 15.1. The number of rotatable bonds is 2. The van der Waals surface area contributed by atoms with E-state index in [4.69, 9.17) is 12.2 Å². The molecule has 0 spiro atoms. The molecular weight excluding hydrogens is 292 g/mol. The van der Waals surface area contributed by atoms with Crippen molar-refractivity contribution in [1.29, 1.82) is 0 Å². The number of fused-ring (bicyclic) bond motifs is 2. The Labute approximate surface area is 134 Å². The lowest BCUT2D eigenvalue weighted by Gasteiger charge is -2.27. The number of aromatic nitrogens is 3. The standard InChI is InChI=1S/C17H18N4S/c1-20-9-13(14-4-2-3-5-16(14)20)11-21-7-6-15-12(10-21)8-18-17(22)19-15/h2-5,8-9H,6-7,10-11H2,1H3,(H,18,19,22). The first-order valence-electron chi connectivity index (χ1n) is 7.53. The highest BCUT2D eigenvalue weighted by atomic mass is 32.1. The van der Waals surface area contributed by atoms with E-state index < -0.39 is 0 Å². The Kier molecular flexibility index (Phi) is 3.32. The van der Waals surface area contributed by atoms with Crippen molar-refractivity contribution in [2.24, 2.45) is 7.05 Å². The number of nitrogens with one attached hydrogen (secondary N) is 1. The van der Waals surface area contributed by atoms with Gasteiger partial charge in [0, 0.05) is 67.7 Å². The van der Waals surface area contributed by atoms with Gasteiger partial charge in [0.1, 0.15) is 0 Å². The molecule has 22 heavy (non-hydrogen) atoms. The summed E-state index contributed by atoms with van der Waals surface area (Å²) in [5.41, 5.74) is 5.19. The molecule has 4 rings (SSSR count). The van der Waals surface area contributed by atoms with Crippen LogP contribution in [0.2, 0.25) is 0 Å². The molecule has 0 unspecified atom stereocenters. The quantitative estimate of drug-likeness (QED) is 0.739. The maximum Gasteiger partial charge on any atom is 0.196 e. The van der Waals surface area contributed by atoms with Crippen LogP contribution < -0.4 is 0 Å². The second kappa shape index (κ2) is 5.34. The van der Waals surface area contributed by atoms with Crippen LogP contribution in [-0.2, 0) is 26.6 Å². The molecule has 0 bridgehead atoms. The van der Waals surface area contributed by atoms with E-state index in [1.807, 2.05) is 6.20 Å². The summed E-state index contributed by atoms with van der Waals surface area (Å²) in [7, 11) is 2.11. The Hall–Kier alpha value is -1.98. The Morgan fingerprint density at radius 3 is 3.09 bits per heavy atom. The molecule has 3 heterocycles. The van der Waals surface area contributed by atoms with E-state index in [9.17, 15) is 0 Å². The lowest BCUT2D eigenvalue weighted by molar-refractivity contribution is 0.243. The summed E-state index contributed by atoms with van der Waals surface area (Å²) in [4.78, 5) is 9.91. The maximum absolute atomic E-state index is 5.10. The fraction of sp³-hybridized carbons (Fsp3) is 0.294. The molecule has 0 saturated carbocycles. The van der Waals surface area contributed by atoms with Gasteiger partial charge in [-0.2, -0.15) is 0 Å². The van der Waals surface area contributed by atoms with E-state index >= 15 is 0 Å². The predicted molar refractivity (Wildman–Crippen MR) is 90.2 cm³/mol. The highest BCUT2D eigenvalue weighted by molar-refractivity contribution is 7.71. The molecular formula is C17H18N4S. The Bertz CT molecular complexity index is 893. The van der Waals surface area contributed by atoms with Gasteiger partial charge in [-0.05, 0) is 23.8 Å². The van der Waals surface area contributed by atoms with Crippen LogP contribution in [0.4, 0.5) is 0 Å². The van der Waals surface area contributed by atoms with Crippen LogP contribution in [0.25, 0.3) is 10.9 Å². The zero-order valence-electron chi connectivity index (χ0n) is 12.5. The van der Waals surface area contributed by atoms with Crippen LogP contribution in [0.1, 0.15) is 16.8 Å². The summed E-state index contributed by atoms with van der Waals surface area (Å²) in [5, 5.41) is 1.35. The molecule has 0 aliphatic carbocycles. The van der Waals surface area contributed by atoms with Crippen molar-refractivity contribution in [3.05, 3.63) is 58.3 Å². The van der Waals surface area contributed by atoms with E-state index in [0.717, 1.165) is 26.1 Å². The van der Waals surface area contributed by atoms with Crippen LogP contribution in [0, 0.1) is 4.77 Å². The second-order valence-electron chi connectivity index (χ2n) is 5.94. The molecule has 0 fully saturated rings.